The molecule has 30 heavy (non-hydrogen) atoms. The quantitative estimate of drug-likeness (QED) is 0.405. The van der Waals surface area contributed by atoms with Crippen molar-refractivity contribution in [2.24, 2.45) is 0 Å². The van der Waals surface area contributed by atoms with Crippen LogP contribution in [0.3, 0.4) is 0 Å². The van der Waals surface area contributed by atoms with Crippen molar-refractivity contribution in [2.75, 3.05) is 5.32 Å². The summed E-state index contributed by atoms with van der Waals surface area (Å²) in [4.78, 5) is 22.0. The van der Waals surface area contributed by atoms with Gasteiger partial charge in [-0.05, 0) is 30.3 Å². The number of thiazole rings is 1. The summed E-state index contributed by atoms with van der Waals surface area (Å²) in [5.41, 5.74) is 1.36. The number of nitrogens with one attached hydrogen (secondary N) is 1. The predicted molar refractivity (Wildman–Crippen MR) is 110 cm³/mol. The zero-order valence-electron chi connectivity index (χ0n) is 15.6. The van der Waals surface area contributed by atoms with Gasteiger partial charge in [0, 0.05) is 22.8 Å². The van der Waals surface area contributed by atoms with E-state index < -0.39 is 11.6 Å². The summed E-state index contributed by atoms with van der Waals surface area (Å²) in [6, 6.07) is 10.7. The summed E-state index contributed by atoms with van der Waals surface area (Å²) < 4.78 is 31.5. The lowest BCUT2D eigenvalue weighted by Gasteiger charge is -2.07. The lowest BCUT2D eigenvalue weighted by molar-refractivity contribution is 0.102. The maximum Gasteiger partial charge on any atom is 0.258 e. The average Bonchev–Trinajstić information content (AvgIpc) is 3.37. The lowest BCUT2D eigenvalue weighted by Crippen LogP contribution is -2.12. The highest BCUT2D eigenvalue weighted by Crippen LogP contribution is 2.29. The zero-order chi connectivity index (χ0) is 21.1. The van der Waals surface area contributed by atoms with Crippen LogP contribution in [0.25, 0.3) is 11.3 Å². The molecule has 4 rings (SSSR count). The van der Waals surface area contributed by atoms with Crippen molar-refractivity contribution >= 4 is 34.1 Å². The molecule has 0 atom stereocenters. The summed E-state index contributed by atoms with van der Waals surface area (Å²) in [6.07, 6.45) is 0. The number of amides is 1. The molecule has 1 amide bonds. The van der Waals surface area contributed by atoms with Gasteiger partial charge in [0.05, 0.1) is 17.0 Å². The predicted octanol–water partition coefficient (Wildman–Crippen LogP) is 5.32. The molecule has 6 nitrogen and oxygen atoms in total. The van der Waals surface area contributed by atoms with E-state index in [2.05, 4.69) is 20.4 Å². The number of anilines is 1. The molecule has 4 aromatic rings. The number of hydrogen-bond acceptors (Lipinski definition) is 7. The Kier molecular flexibility index (Phi) is 5.86. The first-order chi connectivity index (χ1) is 14.5. The van der Waals surface area contributed by atoms with Crippen LogP contribution in [-0.4, -0.2) is 21.0 Å². The number of hydrogen-bond donors (Lipinski definition) is 1. The van der Waals surface area contributed by atoms with E-state index in [0.717, 1.165) is 17.0 Å². The number of benzene rings is 2. The Labute approximate surface area is 178 Å². The highest BCUT2D eigenvalue weighted by molar-refractivity contribution is 7.98. The van der Waals surface area contributed by atoms with Gasteiger partial charge in [-0.25, -0.2) is 13.8 Å². The summed E-state index contributed by atoms with van der Waals surface area (Å²) in [7, 11) is 0. The van der Waals surface area contributed by atoms with Gasteiger partial charge in [-0.15, -0.1) is 23.1 Å². The number of carbonyl (C=O) groups is 1. The molecular formula is C20H14F2N4O2S2. The molecule has 0 radical (unpaired) electrons. The maximum atomic E-state index is 13.5. The number of halogens is 2. The fraction of sp³-hybridized carbons (Fsp3) is 0.100. The topological polar surface area (TPSA) is 80.9 Å². The standard InChI is InChI=1S/C20H14F2N4O2S2/c1-11-23-18(26-28-11)10-29-17-5-3-2-4-13(17)19(27)25-20-24-16(9-30-20)12-6-7-14(21)15(22)8-12/h2-9H,10H2,1H3,(H,24,25,27). The van der Waals surface area contributed by atoms with E-state index >= 15 is 0 Å². The molecule has 0 unspecified atom stereocenters. The maximum absolute atomic E-state index is 13.5. The van der Waals surface area contributed by atoms with Crippen molar-refractivity contribution in [3.05, 3.63) is 76.8 Å². The van der Waals surface area contributed by atoms with E-state index in [4.69, 9.17) is 4.52 Å². The Hall–Kier alpha value is -3.11. The van der Waals surface area contributed by atoms with Gasteiger partial charge in [-0.1, -0.05) is 17.3 Å². The van der Waals surface area contributed by atoms with Crippen molar-refractivity contribution in [1.29, 1.82) is 0 Å². The lowest BCUT2D eigenvalue weighted by atomic mass is 10.2. The second-order valence-electron chi connectivity index (χ2n) is 6.14. The van der Waals surface area contributed by atoms with Crippen molar-refractivity contribution in [1.82, 2.24) is 15.1 Å². The number of rotatable bonds is 6. The Morgan fingerprint density at radius 3 is 2.77 bits per heavy atom. The number of carbonyl (C=O) groups excluding carboxylic acids is 1. The van der Waals surface area contributed by atoms with Crippen LogP contribution in [0.4, 0.5) is 13.9 Å². The Bertz CT molecular complexity index is 1210. The van der Waals surface area contributed by atoms with Gasteiger partial charge in [-0.3, -0.25) is 10.1 Å². The third-order valence-electron chi connectivity index (χ3n) is 4.00. The second kappa shape index (κ2) is 8.72. The molecule has 0 aliphatic heterocycles. The molecule has 0 bridgehead atoms. The van der Waals surface area contributed by atoms with Gasteiger partial charge >= 0.3 is 0 Å². The van der Waals surface area contributed by atoms with Gasteiger partial charge < -0.3 is 4.52 Å². The van der Waals surface area contributed by atoms with Crippen LogP contribution in [0.1, 0.15) is 22.1 Å². The van der Waals surface area contributed by atoms with E-state index in [-0.39, 0.29) is 5.91 Å². The molecule has 2 aromatic carbocycles. The fourth-order valence-electron chi connectivity index (χ4n) is 2.61. The summed E-state index contributed by atoms with van der Waals surface area (Å²) in [6.45, 7) is 1.71. The van der Waals surface area contributed by atoms with Crippen LogP contribution in [-0.2, 0) is 5.75 Å². The number of thioether (sulfide) groups is 1. The number of nitrogens with zero attached hydrogens (tertiary/aromatic N) is 3. The van der Waals surface area contributed by atoms with Gasteiger partial charge in [0.25, 0.3) is 5.91 Å². The van der Waals surface area contributed by atoms with Crippen LogP contribution in [0.5, 0.6) is 0 Å². The van der Waals surface area contributed by atoms with Crippen molar-refractivity contribution in [3.8, 4) is 11.3 Å². The largest absolute Gasteiger partial charge is 0.340 e. The minimum atomic E-state index is -0.950. The smallest absolute Gasteiger partial charge is 0.258 e. The molecule has 10 heteroatoms. The van der Waals surface area contributed by atoms with Crippen LogP contribution < -0.4 is 5.32 Å². The van der Waals surface area contributed by atoms with E-state index in [1.165, 1.54) is 29.2 Å². The summed E-state index contributed by atoms with van der Waals surface area (Å²) >= 11 is 2.62. The van der Waals surface area contributed by atoms with Crippen LogP contribution in [0.2, 0.25) is 0 Å². The minimum Gasteiger partial charge on any atom is -0.340 e. The van der Waals surface area contributed by atoms with Crippen molar-refractivity contribution in [3.63, 3.8) is 0 Å². The van der Waals surface area contributed by atoms with Crippen LogP contribution in [0.15, 0.2) is 57.3 Å². The number of aromatic nitrogens is 3. The van der Waals surface area contributed by atoms with Gasteiger partial charge in [0.15, 0.2) is 22.6 Å². The van der Waals surface area contributed by atoms with Gasteiger partial charge in [0.1, 0.15) is 0 Å². The minimum absolute atomic E-state index is 0.325. The van der Waals surface area contributed by atoms with Gasteiger partial charge in [0.2, 0.25) is 5.89 Å². The monoisotopic (exact) mass is 444 g/mol. The van der Waals surface area contributed by atoms with E-state index in [9.17, 15) is 13.6 Å². The molecular weight excluding hydrogens is 430 g/mol. The molecule has 0 spiro atoms. The van der Waals surface area contributed by atoms with E-state index in [0.29, 0.717) is 39.4 Å². The van der Waals surface area contributed by atoms with Crippen molar-refractivity contribution in [2.45, 2.75) is 17.6 Å². The molecule has 0 saturated heterocycles. The first-order valence-corrected chi connectivity index (χ1v) is 10.6. The zero-order valence-corrected chi connectivity index (χ0v) is 17.2. The molecule has 152 valence electrons. The van der Waals surface area contributed by atoms with E-state index in [1.54, 1.807) is 24.4 Å². The highest BCUT2D eigenvalue weighted by Gasteiger charge is 2.15. The van der Waals surface area contributed by atoms with E-state index in [1.807, 2.05) is 12.1 Å². The first kappa shape index (κ1) is 20.2. The summed E-state index contributed by atoms with van der Waals surface area (Å²) in [5.74, 6) is -0.713. The third-order valence-corrected chi connectivity index (χ3v) is 5.83. The number of aryl methyl sites for hydroxylation is 1. The Morgan fingerprint density at radius 1 is 1.17 bits per heavy atom. The first-order valence-electron chi connectivity index (χ1n) is 8.73. The molecule has 0 saturated carbocycles. The van der Waals surface area contributed by atoms with Crippen LogP contribution >= 0.6 is 23.1 Å². The van der Waals surface area contributed by atoms with Crippen LogP contribution in [0, 0.1) is 18.6 Å². The average molecular weight is 444 g/mol. The molecule has 2 aromatic heterocycles. The molecule has 2 heterocycles. The van der Waals surface area contributed by atoms with Gasteiger partial charge in [-0.2, -0.15) is 4.98 Å². The fourth-order valence-corrected chi connectivity index (χ4v) is 4.21. The highest BCUT2D eigenvalue weighted by atomic mass is 32.2. The molecule has 0 fully saturated rings. The Balaban J connectivity index is 1.48. The SMILES string of the molecule is Cc1nc(CSc2ccccc2C(=O)Nc2nc(-c3ccc(F)c(F)c3)cs2)no1. The second-order valence-corrected chi connectivity index (χ2v) is 8.01. The molecule has 1 N–H and O–H groups in total. The summed E-state index contributed by atoms with van der Waals surface area (Å²) in [5, 5.41) is 8.63. The third kappa shape index (κ3) is 4.55. The van der Waals surface area contributed by atoms with Crippen molar-refractivity contribution < 1.29 is 18.1 Å². The molecule has 0 aliphatic carbocycles. The molecule has 0 aliphatic rings. The normalized spacial score (nSPS) is 10.9. The Morgan fingerprint density at radius 2 is 2.00 bits per heavy atom.